The van der Waals surface area contributed by atoms with Crippen LogP contribution in [-0.4, -0.2) is 9.49 Å². The number of hydrogen-bond acceptors (Lipinski definition) is 2. The Morgan fingerprint density at radius 1 is 1.00 bits per heavy atom. The molecule has 0 amide bonds. The summed E-state index contributed by atoms with van der Waals surface area (Å²) in [5, 5.41) is 11.3. The van der Waals surface area contributed by atoms with Crippen LogP contribution in [0.3, 0.4) is 0 Å². The minimum absolute atomic E-state index is 0.186. The summed E-state index contributed by atoms with van der Waals surface area (Å²) in [6, 6.07) is 16.0. The molecule has 2 heterocycles. The van der Waals surface area contributed by atoms with E-state index in [0.717, 1.165) is 35.3 Å². The molecule has 0 bridgehead atoms. The molecule has 23 heavy (non-hydrogen) atoms. The number of nitrogens with zero attached hydrogens (tertiary/aromatic N) is 2. The molecule has 4 rings (SSSR count). The molecule has 2 aromatic carbocycles. The Hall–Kier alpha value is -2.88. The van der Waals surface area contributed by atoms with Crippen LogP contribution in [0.1, 0.15) is 22.3 Å². The minimum Gasteiger partial charge on any atom is -0.343 e. The normalized spacial score (nSPS) is 12.6. The molecule has 3 aromatic rings. The third kappa shape index (κ3) is 2.14. The first-order valence-corrected chi connectivity index (χ1v) is 7.64. The van der Waals surface area contributed by atoms with Crippen molar-refractivity contribution in [3.05, 3.63) is 87.1 Å². The fourth-order valence-corrected chi connectivity index (χ4v) is 3.51. The second kappa shape index (κ2) is 5.09. The monoisotopic (exact) mass is 304 g/mol. The standard InChI is InChI=1S/C19H16N2O2/c1-13-17(21(22)23)9-8-15-11-14-5-2-3-6-16(14)12-20-10-4-7-18(20)19(13)15/h2-10H,11-12H2,1H3. The fraction of sp³-hybridized carbons (Fsp3) is 0.158. The summed E-state index contributed by atoms with van der Waals surface area (Å²) in [7, 11) is 0. The van der Waals surface area contributed by atoms with Crippen molar-refractivity contribution < 1.29 is 4.92 Å². The van der Waals surface area contributed by atoms with Gasteiger partial charge in [-0.05, 0) is 42.2 Å². The molecule has 4 heteroatoms. The topological polar surface area (TPSA) is 48.1 Å². The van der Waals surface area contributed by atoms with Crippen LogP contribution in [0.2, 0.25) is 0 Å². The van der Waals surface area contributed by atoms with Crippen LogP contribution in [0.15, 0.2) is 54.7 Å². The number of nitro benzene ring substituents is 1. The molecule has 1 aliphatic rings. The van der Waals surface area contributed by atoms with Crippen molar-refractivity contribution in [2.75, 3.05) is 0 Å². The highest BCUT2D eigenvalue weighted by Gasteiger charge is 2.22. The average Bonchev–Trinajstić information content (AvgIpc) is 2.94. The molecule has 0 fully saturated rings. The summed E-state index contributed by atoms with van der Waals surface area (Å²) in [4.78, 5) is 11.0. The van der Waals surface area contributed by atoms with E-state index in [-0.39, 0.29) is 10.6 Å². The summed E-state index contributed by atoms with van der Waals surface area (Å²) in [5.74, 6) is 0. The zero-order valence-corrected chi connectivity index (χ0v) is 12.8. The zero-order valence-electron chi connectivity index (χ0n) is 12.8. The van der Waals surface area contributed by atoms with Gasteiger partial charge in [0.1, 0.15) is 0 Å². The van der Waals surface area contributed by atoms with E-state index in [1.54, 1.807) is 6.07 Å². The third-order valence-corrected chi connectivity index (χ3v) is 4.65. The Labute approximate surface area is 134 Å². The smallest absolute Gasteiger partial charge is 0.272 e. The number of hydrogen-bond donors (Lipinski definition) is 0. The maximum absolute atomic E-state index is 11.3. The summed E-state index contributed by atoms with van der Waals surface area (Å²) in [6.07, 6.45) is 2.84. The van der Waals surface area contributed by atoms with Gasteiger partial charge < -0.3 is 4.57 Å². The van der Waals surface area contributed by atoms with Crippen molar-refractivity contribution in [3.8, 4) is 11.3 Å². The first kappa shape index (κ1) is 13.8. The van der Waals surface area contributed by atoms with E-state index in [2.05, 4.69) is 28.8 Å². The summed E-state index contributed by atoms with van der Waals surface area (Å²) >= 11 is 0. The van der Waals surface area contributed by atoms with Crippen molar-refractivity contribution in [1.82, 2.24) is 4.57 Å². The van der Waals surface area contributed by atoms with Gasteiger partial charge in [0.25, 0.3) is 5.69 Å². The number of aromatic nitrogens is 1. The highest BCUT2D eigenvalue weighted by molar-refractivity contribution is 5.74. The highest BCUT2D eigenvalue weighted by Crippen LogP contribution is 2.37. The van der Waals surface area contributed by atoms with Gasteiger partial charge in [0, 0.05) is 35.6 Å². The lowest BCUT2D eigenvalue weighted by Gasteiger charge is -2.21. The summed E-state index contributed by atoms with van der Waals surface area (Å²) in [5.41, 5.74) is 6.69. The minimum atomic E-state index is -0.296. The Bertz CT molecular complexity index is 925. The number of rotatable bonds is 1. The van der Waals surface area contributed by atoms with Crippen LogP contribution in [-0.2, 0) is 13.0 Å². The van der Waals surface area contributed by atoms with Gasteiger partial charge in [-0.2, -0.15) is 0 Å². The molecule has 0 aliphatic carbocycles. The third-order valence-electron chi connectivity index (χ3n) is 4.65. The summed E-state index contributed by atoms with van der Waals surface area (Å²) in [6.45, 7) is 2.64. The van der Waals surface area contributed by atoms with Gasteiger partial charge in [-0.3, -0.25) is 10.1 Å². The van der Waals surface area contributed by atoms with Gasteiger partial charge in [-0.1, -0.05) is 30.3 Å². The molecular weight excluding hydrogens is 288 g/mol. The second-order valence-electron chi connectivity index (χ2n) is 5.97. The summed E-state index contributed by atoms with van der Waals surface area (Å²) < 4.78 is 2.17. The lowest BCUT2D eigenvalue weighted by atomic mass is 9.90. The molecule has 1 aromatic heterocycles. The van der Waals surface area contributed by atoms with E-state index in [1.165, 1.54) is 11.1 Å². The molecule has 0 unspecified atom stereocenters. The maximum atomic E-state index is 11.3. The van der Waals surface area contributed by atoms with Gasteiger partial charge in [0.2, 0.25) is 0 Å². The van der Waals surface area contributed by atoms with E-state index in [1.807, 2.05) is 31.3 Å². The Morgan fingerprint density at radius 2 is 1.78 bits per heavy atom. The van der Waals surface area contributed by atoms with Gasteiger partial charge in [0.05, 0.1) is 4.92 Å². The van der Waals surface area contributed by atoms with Crippen molar-refractivity contribution in [2.45, 2.75) is 19.9 Å². The Balaban J connectivity index is 2.03. The second-order valence-corrected chi connectivity index (χ2v) is 5.97. The average molecular weight is 304 g/mol. The van der Waals surface area contributed by atoms with Crippen LogP contribution in [0.25, 0.3) is 11.3 Å². The predicted octanol–water partition coefficient (Wildman–Crippen LogP) is 4.32. The Morgan fingerprint density at radius 3 is 2.57 bits per heavy atom. The molecule has 0 saturated heterocycles. The lowest BCUT2D eigenvalue weighted by molar-refractivity contribution is -0.385. The van der Waals surface area contributed by atoms with E-state index < -0.39 is 0 Å². The number of nitro groups is 1. The molecule has 114 valence electrons. The van der Waals surface area contributed by atoms with Crippen LogP contribution in [0, 0.1) is 17.0 Å². The Kier molecular flexibility index (Phi) is 3.05. The van der Waals surface area contributed by atoms with Crippen LogP contribution < -0.4 is 0 Å². The van der Waals surface area contributed by atoms with Crippen molar-refractivity contribution in [1.29, 1.82) is 0 Å². The predicted molar refractivity (Wildman–Crippen MR) is 89.6 cm³/mol. The zero-order chi connectivity index (χ0) is 16.0. The van der Waals surface area contributed by atoms with Crippen LogP contribution >= 0.6 is 0 Å². The van der Waals surface area contributed by atoms with Gasteiger partial charge >= 0.3 is 0 Å². The SMILES string of the molecule is Cc1c([N+](=O)[O-])ccc2c1-c1cccn1Cc1ccccc1C2. The molecule has 0 N–H and O–H groups in total. The number of benzene rings is 2. The van der Waals surface area contributed by atoms with Crippen LogP contribution in [0.5, 0.6) is 0 Å². The molecular formula is C19H16N2O2. The van der Waals surface area contributed by atoms with Crippen molar-refractivity contribution >= 4 is 5.69 Å². The molecule has 0 spiro atoms. The van der Waals surface area contributed by atoms with Crippen LogP contribution in [0.4, 0.5) is 5.69 Å². The lowest BCUT2D eigenvalue weighted by Crippen LogP contribution is -2.10. The quantitative estimate of drug-likeness (QED) is 0.388. The van der Waals surface area contributed by atoms with Gasteiger partial charge in [-0.25, -0.2) is 0 Å². The van der Waals surface area contributed by atoms with E-state index in [9.17, 15) is 10.1 Å². The van der Waals surface area contributed by atoms with Gasteiger partial charge in [0.15, 0.2) is 0 Å². The molecule has 0 radical (unpaired) electrons. The van der Waals surface area contributed by atoms with E-state index in [0.29, 0.717) is 0 Å². The molecule has 0 saturated carbocycles. The largest absolute Gasteiger partial charge is 0.343 e. The highest BCUT2D eigenvalue weighted by atomic mass is 16.6. The van der Waals surface area contributed by atoms with E-state index >= 15 is 0 Å². The first-order valence-electron chi connectivity index (χ1n) is 7.64. The van der Waals surface area contributed by atoms with E-state index in [4.69, 9.17) is 0 Å². The first-order chi connectivity index (χ1) is 11.1. The molecule has 0 atom stereocenters. The fourth-order valence-electron chi connectivity index (χ4n) is 3.51. The van der Waals surface area contributed by atoms with Crippen molar-refractivity contribution in [3.63, 3.8) is 0 Å². The molecule has 4 nitrogen and oxygen atoms in total. The number of fused-ring (bicyclic) bond motifs is 4. The van der Waals surface area contributed by atoms with Gasteiger partial charge in [-0.15, -0.1) is 0 Å². The molecule has 1 aliphatic heterocycles. The maximum Gasteiger partial charge on any atom is 0.272 e. The van der Waals surface area contributed by atoms with Crippen molar-refractivity contribution in [2.24, 2.45) is 0 Å².